The SMILES string of the molecule is CCc1cc(CC2(CNC(C)(C)C)CCOCC2)n(C)n1. The first-order valence-electron chi connectivity index (χ1n) is 8.18. The Kier molecular flexibility index (Phi) is 5.10. The van der Waals surface area contributed by atoms with Crippen LogP contribution < -0.4 is 5.32 Å². The Labute approximate surface area is 129 Å². The van der Waals surface area contributed by atoms with Crippen LogP contribution in [0.4, 0.5) is 0 Å². The van der Waals surface area contributed by atoms with E-state index in [0.29, 0.717) is 5.41 Å². The second-order valence-electron chi connectivity index (χ2n) is 7.50. The van der Waals surface area contributed by atoms with Crippen molar-refractivity contribution in [3.05, 3.63) is 17.5 Å². The van der Waals surface area contributed by atoms with E-state index in [-0.39, 0.29) is 5.54 Å². The maximum absolute atomic E-state index is 5.60. The molecule has 0 atom stereocenters. The Balaban J connectivity index is 2.13. The van der Waals surface area contributed by atoms with Gasteiger partial charge in [0.1, 0.15) is 0 Å². The number of ether oxygens (including phenoxy) is 1. The van der Waals surface area contributed by atoms with Gasteiger partial charge >= 0.3 is 0 Å². The van der Waals surface area contributed by atoms with Crippen molar-refractivity contribution in [3.63, 3.8) is 0 Å². The third-order valence-electron chi connectivity index (χ3n) is 4.49. The highest BCUT2D eigenvalue weighted by atomic mass is 16.5. The molecule has 0 aliphatic carbocycles. The van der Waals surface area contributed by atoms with Gasteiger partial charge in [-0.1, -0.05) is 6.92 Å². The van der Waals surface area contributed by atoms with E-state index in [0.717, 1.165) is 45.4 Å². The van der Waals surface area contributed by atoms with Crippen molar-refractivity contribution >= 4 is 0 Å². The molecular formula is C17H31N3O. The maximum Gasteiger partial charge on any atom is 0.0624 e. The van der Waals surface area contributed by atoms with Crippen molar-refractivity contribution in [1.82, 2.24) is 15.1 Å². The molecule has 1 N–H and O–H groups in total. The van der Waals surface area contributed by atoms with E-state index in [9.17, 15) is 0 Å². The van der Waals surface area contributed by atoms with E-state index in [1.54, 1.807) is 0 Å². The summed E-state index contributed by atoms with van der Waals surface area (Å²) in [5.41, 5.74) is 3.00. The standard InChI is InChI=1S/C17H31N3O/c1-6-14-11-15(20(5)19-14)12-17(7-9-21-10-8-17)13-18-16(2,3)4/h11,18H,6-10,12-13H2,1-5H3. The predicted octanol–water partition coefficient (Wildman–Crippen LogP) is 2.71. The Morgan fingerprint density at radius 2 is 2.00 bits per heavy atom. The first-order valence-corrected chi connectivity index (χ1v) is 8.18. The average Bonchev–Trinajstić information content (AvgIpc) is 2.78. The zero-order valence-corrected chi connectivity index (χ0v) is 14.3. The summed E-state index contributed by atoms with van der Waals surface area (Å²) in [6.07, 6.45) is 4.35. The highest BCUT2D eigenvalue weighted by molar-refractivity contribution is 5.13. The lowest BCUT2D eigenvalue weighted by Crippen LogP contribution is -2.47. The molecule has 1 fully saturated rings. The molecule has 1 aromatic heterocycles. The Bertz CT molecular complexity index is 453. The van der Waals surface area contributed by atoms with Crippen molar-refractivity contribution in [3.8, 4) is 0 Å². The predicted molar refractivity (Wildman–Crippen MR) is 86.5 cm³/mol. The van der Waals surface area contributed by atoms with Gasteiger partial charge < -0.3 is 10.1 Å². The normalized spacial score (nSPS) is 18.9. The Morgan fingerprint density at radius 3 is 2.52 bits per heavy atom. The summed E-state index contributed by atoms with van der Waals surface area (Å²) in [6, 6.07) is 2.27. The fourth-order valence-electron chi connectivity index (χ4n) is 2.97. The van der Waals surface area contributed by atoms with Crippen LogP contribution in [0.2, 0.25) is 0 Å². The number of nitrogens with one attached hydrogen (secondary N) is 1. The molecular weight excluding hydrogens is 262 g/mol. The molecule has 0 radical (unpaired) electrons. The topological polar surface area (TPSA) is 39.1 Å². The van der Waals surface area contributed by atoms with Crippen LogP contribution in [0.15, 0.2) is 6.07 Å². The number of aryl methyl sites for hydroxylation is 2. The maximum atomic E-state index is 5.60. The van der Waals surface area contributed by atoms with Crippen LogP contribution in [-0.2, 0) is 24.6 Å². The molecule has 1 aliphatic rings. The van der Waals surface area contributed by atoms with Crippen LogP contribution in [0.1, 0.15) is 51.9 Å². The zero-order valence-electron chi connectivity index (χ0n) is 14.3. The Morgan fingerprint density at radius 1 is 1.33 bits per heavy atom. The molecule has 21 heavy (non-hydrogen) atoms. The average molecular weight is 293 g/mol. The molecule has 120 valence electrons. The summed E-state index contributed by atoms with van der Waals surface area (Å²) in [5.74, 6) is 0. The van der Waals surface area contributed by atoms with Crippen molar-refractivity contribution in [2.24, 2.45) is 12.5 Å². The van der Waals surface area contributed by atoms with Crippen molar-refractivity contribution < 1.29 is 4.74 Å². The zero-order chi connectivity index (χ0) is 15.5. The summed E-state index contributed by atoms with van der Waals surface area (Å²) in [7, 11) is 2.07. The van der Waals surface area contributed by atoms with Gasteiger partial charge in [0.15, 0.2) is 0 Å². The van der Waals surface area contributed by atoms with E-state index in [2.05, 4.69) is 55.9 Å². The molecule has 2 rings (SSSR count). The number of hydrogen-bond donors (Lipinski definition) is 1. The minimum absolute atomic E-state index is 0.159. The fraction of sp³-hybridized carbons (Fsp3) is 0.824. The Hall–Kier alpha value is -0.870. The monoisotopic (exact) mass is 293 g/mol. The van der Waals surface area contributed by atoms with Gasteiger partial charge in [0.2, 0.25) is 0 Å². The number of aromatic nitrogens is 2. The second kappa shape index (κ2) is 6.49. The molecule has 2 heterocycles. The van der Waals surface area contributed by atoms with Gasteiger partial charge in [-0.3, -0.25) is 4.68 Å². The summed E-state index contributed by atoms with van der Waals surface area (Å²) >= 11 is 0. The molecule has 4 heteroatoms. The third kappa shape index (κ3) is 4.55. The fourth-order valence-corrected chi connectivity index (χ4v) is 2.97. The van der Waals surface area contributed by atoms with E-state index in [4.69, 9.17) is 4.74 Å². The number of hydrogen-bond acceptors (Lipinski definition) is 3. The summed E-state index contributed by atoms with van der Waals surface area (Å²) in [6.45, 7) is 11.7. The van der Waals surface area contributed by atoms with Gasteiger partial charge in [-0.15, -0.1) is 0 Å². The van der Waals surface area contributed by atoms with E-state index in [1.807, 2.05) is 0 Å². The highest BCUT2D eigenvalue weighted by Crippen LogP contribution is 2.34. The van der Waals surface area contributed by atoms with Gasteiger partial charge in [0.25, 0.3) is 0 Å². The number of nitrogens with zero attached hydrogens (tertiary/aromatic N) is 2. The molecule has 1 aliphatic heterocycles. The van der Waals surface area contributed by atoms with Crippen LogP contribution >= 0.6 is 0 Å². The molecule has 0 saturated carbocycles. The van der Waals surface area contributed by atoms with Gasteiger partial charge in [-0.25, -0.2) is 0 Å². The highest BCUT2D eigenvalue weighted by Gasteiger charge is 2.34. The summed E-state index contributed by atoms with van der Waals surface area (Å²) in [4.78, 5) is 0. The van der Waals surface area contributed by atoms with Gasteiger partial charge in [0, 0.05) is 38.0 Å². The van der Waals surface area contributed by atoms with Gasteiger partial charge in [-0.05, 0) is 57.9 Å². The van der Waals surface area contributed by atoms with E-state index < -0.39 is 0 Å². The first kappa shape index (κ1) is 16.5. The quantitative estimate of drug-likeness (QED) is 0.907. The van der Waals surface area contributed by atoms with E-state index >= 15 is 0 Å². The van der Waals surface area contributed by atoms with Gasteiger partial charge in [0.05, 0.1) is 5.69 Å². The van der Waals surface area contributed by atoms with Crippen molar-refractivity contribution in [2.45, 2.75) is 58.9 Å². The number of rotatable bonds is 5. The van der Waals surface area contributed by atoms with Gasteiger partial charge in [-0.2, -0.15) is 5.10 Å². The molecule has 0 unspecified atom stereocenters. The van der Waals surface area contributed by atoms with Crippen LogP contribution in [0.3, 0.4) is 0 Å². The molecule has 0 spiro atoms. The lowest BCUT2D eigenvalue weighted by molar-refractivity contribution is 0.0113. The second-order valence-corrected chi connectivity index (χ2v) is 7.50. The van der Waals surface area contributed by atoms with Crippen LogP contribution in [0.5, 0.6) is 0 Å². The third-order valence-corrected chi connectivity index (χ3v) is 4.49. The summed E-state index contributed by atoms with van der Waals surface area (Å²) in [5, 5.41) is 8.31. The van der Waals surface area contributed by atoms with Crippen LogP contribution in [-0.4, -0.2) is 35.1 Å². The smallest absolute Gasteiger partial charge is 0.0624 e. The first-order chi connectivity index (χ1) is 9.84. The summed E-state index contributed by atoms with van der Waals surface area (Å²) < 4.78 is 7.66. The lowest BCUT2D eigenvalue weighted by atomic mass is 9.75. The van der Waals surface area contributed by atoms with E-state index in [1.165, 1.54) is 11.4 Å². The molecule has 0 bridgehead atoms. The van der Waals surface area contributed by atoms with Crippen LogP contribution in [0, 0.1) is 5.41 Å². The van der Waals surface area contributed by atoms with Crippen molar-refractivity contribution in [2.75, 3.05) is 19.8 Å². The molecule has 1 saturated heterocycles. The minimum Gasteiger partial charge on any atom is -0.381 e. The minimum atomic E-state index is 0.159. The molecule has 0 aromatic carbocycles. The largest absolute Gasteiger partial charge is 0.381 e. The molecule has 1 aromatic rings. The molecule has 0 amide bonds. The van der Waals surface area contributed by atoms with Crippen molar-refractivity contribution in [1.29, 1.82) is 0 Å². The lowest BCUT2D eigenvalue weighted by Gasteiger charge is -2.39. The van der Waals surface area contributed by atoms with Crippen LogP contribution in [0.25, 0.3) is 0 Å². The molecule has 4 nitrogen and oxygen atoms in total.